The standard InChI is InChI=1S/C21H25ClN2O5/c1-13-8-20(2,3)12-21(9-13)18(27)24(19(28)23-21)10-17(26)29-11-16(25)14-6-4-5-7-15(14)22/h4-7,13H,8-12H2,1-3H3,(H,23,28)/t13-,21-/m0/s1. The Morgan fingerprint density at radius 1 is 1.24 bits per heavy atom. The molecule has 1 aliphatic heterocycles. The third kappa shape index (κ3) is 4.45. The van der Waals surface area contributed by atoms with Gasteiger partial charge in [-0.2, -0.15) is 0 Å². The summed E-state index contributed by atoms with van der Waals surface area (Å²) >= 11 is 5.96. The number of amides is 3. The van der Waals surface area contributed by atoms with Crippen LogP contribution in [0, 0.1) is 11.3 Å². The van der Waals surface area contributed by atoms with Crippen LogP contribution in [0.15, 0.2) is 24.3 Å². The van der Waals surface area contributed by atoms with E-state index in [9.17, 15) is 19.2 Å². The summed E-state index contributed by atoms with van der Waals surface area (Å²) in [5.41, 5.74) is -0.834. The van der Waals surface area contributed by atoms with Gasteiger partial charge in [-0.15, -0.1) is 0 Å². The summed E-state index contributed by atoms with van der Waals surface area (Å²) < 4.78 is 4.99. The van der Waals surface area contributed by atoms with Gasteiger partial charge in [-0.3, -0.25) is 19.3 Å². The molecule has 29 heavy (non-hydrogen) atoms. The minimum absolute atomic E-state index is 0.0987. The molecule has 2 aliphatic rings. The number of urea groups is 1. The van der Waals surface area contributed by atoms with Gasteiger partial charge in [0.1, 0.15) is 12.1 Å². The summed E-state index contributed by atoms with van der Waals surface area (Å²) in [6, 6.07) is 5.84. The Labute approximate surface area is 174 Å². The van der Waals surface area contributed by atoms with E-state index in [1.165, 1.54) is 6.07 Å². The number of benzene rings is 1. The van der Waals surface area contributed by atoms with Crippen LogP contribution < -0.4 is 5.32 Å². The lowest BCUT2D eigenvalue weighted by atomic mass is 9.64. The number of hydrogen-bond acceptors (Lipinski definition) is 5. The Balaban J connectivity index is 1.62. The zero-order valence-corrected chi connectivity index (χ0v) is 17.5. The van der Waals surface area contributed by atoms with Gasteiger partial charge in [-0.1, -0.05) is 44.5 Å². The zero-order valence-electron chi connectivity index (χ0n) is 16.8. The molecule has 1 aromatic rings. The van der Waals surface area contributed by atoms with Gasteiger partial charge in [-0.25, -0.2) is 4.79 Å². The Kier molecular flexibility index (Phi) is 5.72. The first kappa shape index (κ1) is 21.3. The molecule has 1 N–H and O–H groups in total. The number of nitrogens with one attached hydrogen (secondary N) is 1. The number of imide groups is 1. The SMILES string of the molecule is C[C@H]1CC(C)(C)C[C@]2(C1)NC(=O)N(CC(=O)OCC(=O)c1ccccc1Cl)C2=O. The maximum absolute atomic E-state index is 13.0. The van der Waals surface area contributed by atoms with Crippen molar-refractivity contribution in [3.05, 3.63) is 34.9 Å². The monoisotopic (exact) mass is 420 g/mol. The van der Waals surface area contributed by atoms with Gasteiger partial charge >= 0.3 is 12.0 Å². The number of esters is 1. The zero-order chi connectivity index (χ0) is 21.4. The quantitative estimate of drug-likeness (QED) is 0.448. The molecule has 3 rings (SSSR count). The van der Waals surface area contributed by atoms with Crippen molar-refractivity contribution in [1.82, 2.24) is 10.2 Å². The molecule has 0 aromatic heterocycles. The second kappa shape index (κ2) is 7.78. The topological polar surface area (TPSA) is 92.8 Å². The van der Waals surface area contributed by atoms with Gasteiger partial charge in [0.2, 0.25) is 5.78 Å². The summed E-state index contributed by atoms with van der Waals surface area (Å²) in [6.45, 7) is 5.15. The summed E-state index contributed by atoms with van der Waals surface area (Å²) in [5.74, 6) is -1.42. The highest BCUT2D eigenvalue weighted by Gasteiger charge is 2.56. The largest absolute Gasteiger partial charge is 0.456 e. The van der Waals surface area contributed by atoms with Gasteiger partial charge in [0.25, 0.3) is 5.91 Å². The lowest BCUT2D eigenvalue weighted by molar-refractivity contribution is -0.147. The summed E-state index contributed by atoms with van der Waals surface area (Å²) in [7, 11) is 0. The van der Waals surface area contributed by atoms with Gasteiger partial charge < -0.3 is 10.1 Å². The van der Waals surface area contributed by atoms with Gasteiger partial charge in [0, 0.05) is 5.56 Å². The van der Waals surface area contributed by atoms with Crippen molar-refractivity contribution < 1.29 is 23.9 Å². The van der Waals surface area contributed by atoms with Crippen LogP contribution in [0.25, 0.3) is 0 Å². The molecule has 1 saturated carbocycles. The molecule has 0 unspecified atom stereocenters. The molecule has 1 heterocycles. The molecule has 1 aromatic carbocycles. The average molecular weight is 421 g/mol. The molecule has 1 spiro atoms. The van der Waals surface area contributed by atoms with Crippen molar-refractivity contribution in [2.75, 3.05) is 13.2 Å². The molecule has 1 saturated heterocycles. The predicted octanol–water partition coefficient (Wildman–Crippen LogP) is 3.20. The van der Waals surface area contributed by atoms with E-state index in [0.717, 1.165) is 11.3 Å². The summed E-state index contributed by atoms with van der Waals surface area (Å²) in [4.78, 5) is 50.7. The minimum atomic E-state index is -0.980. The molecular weight excluding hydrogens is 396 g/mol. The smallest absolute Gasteiger partial charge is 0.326 e. The van der Waals surface area contributed by atoms with Crippen molar-refractivity contribution in [2.24, 2.45) is 11.3 Å². The highest BCUT2D eigenvalue weighted by Crippen LogP contribution is 2.46. The van der Waals surface area contributed by atoms with Crippen LogP contribution in [0.1, 0.15) is 50.4 Å². The Hall–Kier alpha value is -2.41. The van der Waals surface area contributed by atoms with Crippen molar-refractivity contribution >= 4 is 35.3 Å². The van der Waals surface area contributed by atoms with Crippen LogP contribution in [0.4, 0.5) is 4.79 Å². The van der Waals surface area contributed by atoms with E-state index in [1.807, 2.05) is 0 Å². The normalized spacial score (nSPS) is 25.8. The number of nitrogens with zero attached hydrogens (tertiary/aromatic N) is 1. The van der Waals surface area contributed by atoms with E-state index in [0.29, 0.717) is 12.8 Å². The lowest BCUT2D eigenvalue weighted by Crippen LogP contribution is -2.54. The maximum atomic E-state index is 13.0. The molecule has 2 atom stereocenters. The first-order valence-corrected chi connectivity index (χ1v) is 9.98. The van der Waals surface area contributed by atoms with Crippen molar-refractivity contribution in [1.29, 1.82) is 0 Å². The fourth-order valence-electron chi connectivity index (χ4n) is 4.74. The van der Waals surface area contributed by atoms with E-state index < -0.39 is 42.4 Å². The molecule has 0 radical (unpaired) electrons. The highest BCUT2D eigenvalue weighted by molar-refractivity contribution is 6.34. The average Bonchev–Trinajstić information content (AvgIpc) is 2.81. The molecule has 2 fully saturated rings. The maximum Gasteiger partial charge on any atom is 0.326 e. The first-order valence-electron chi connectivity index (χ1n) is 9.60. The van der Waals surface area contributed by atoms with E-state index >= 15 is 0 Å². The molecule has 0 bridgehead atoms. The number of ether oxygens (including phenoxy) is 1. The summed E-state index contributed by atoms with van der Waals surface area (Å²) in [5, 5.41) is 3.07. The lowest BCUT2D eigenvalue weighted by Gasteiger charge is -2.43. The van der Waals surface area contributed by atoms with Crippen LogP contribution in [-0.2, 0) is 14.3 Å². The number of carbonyl (C=O) groups is 4. The first-order chi connectivity index (χ1) is 13.5. The molecule has 7 nitrogen and oxygen atoms in total. The van der Waals surface area contributed by atoms with Crippen LogP contribution in [0.2, 0.25) is 5.02 Å². The van der Waals surface area contributed by atoms with Gasteiger partial charge in [0.15, 0.2) is 6.61 Å². The molecule has 3 amide bonds. The number of ketones is 1. The van der Waals surface area contributed by atoms with Crippen molar-refractivity contribution in [3.8, 4) is 0 Å². The molecule has 1 aliphatic carbocycles. The fourth-order valence-corrected chi connectivity index (χ4v) is 4.98. The predicted molar refractivity (Wildman–Crippen MR) is 107 cm³/mol. The number of hydrogen-bond donors (Lipinski definition) is 1. The van der Waals surface area contributed by atoms with Crippen molar-refractivity contribution in [3.63, 3.8) is 0 Å². The third-order valence-electron chi connectivity index (χ3n) is 5.45. The fraction of sp³-hybridized carbons (Fsp3) is 0.524. The Bertz CT molecular complexity index is 868. The van der Waals surface area contributed by atoms with Crippen LogP contribution >= 0.6 is 11.6 Å². The Morgan fingerprint density at radius 3 is 2.59 bits per heavy atom. The highest BCUT2D eigenvalue weighted by atomic mass is 35.5. The third-order valence-corrected chi connectivity index (χ3v) is 5.78. The van der Waals surface area contributed by atoms with E-state index in [1.54, 1.807) is 18.2 Å². The molecule has 8 heteroatoms. The van der Waals surface area contributed by atoms with Crippen molar-refractivity contribution in [2.45, 2.75) is 45.6 Å². The molecular formula is C21H25ClN2O5. The van der Waals surface area contributed by atoms with Crippen LogP contribution in [-0.4, -0.2) is 47.3 Å². The second-order valence-electron chi connectivity index (χ2n) is 8.82. The number of halogens is 1. The minimum Gasteiger partial charge on any atom is -0.456 e. The van der Waals surface area contributed by atoms with Crippen LogP contribution in [0.5, 0.6) is 0 Å². The number of Topliss-reactive ketones (excluding diaryl/α,β-unsaturated/α-hetero) is 1. The van der Waals surface area contributed by atoms with Gasteiger partial charge in [-0.05, 0) is 42.7 Å². The van der Waals surface area contributed by atoms with E-state index in [4.69, 9.17) is 16.3 Å². The van der Waals surface area contributed by atoms with E-state index in [-0.39, 0.29) is 21.9 Å². The van der Waals surface area contributed by atoms with E-state index in [2.05, 4.69) is 26.1 Å². The van der Waals surface area contributed by atoms with Crippen LogP contribution in [0.3, 0.4) is 0 Å². The second-order valence-corrected chi connectivity index (χ2v) is 9.23. The number of carbonyl (C=O) groups excluding carboxylic acids is 4. The summed E-state index contributed by atoms with van der Waals surface area (Å²) in [6.07, 6.45) is 2.02. The Morgan fingerprint density at radius 2 is 1.93 bits per heavy atom. The molecule has 156 valence electrons. The van der Waals surface area contributed by atoms with Gasteiger partial charge in [0.05, 0.1) is 5.02 Å². The number of rotatable bonds is 5.